The molecule has 10 heavy (non-hydrogen) atoms. The lowest BCUT2D eigenvalue weighted by atomic mass is 10.5. The lowest BCUT2D eigenvalue weighted by molar-refractivity contribution is 0.0921. The molecule has 0 atom stereocenters. The van der Waals surface area contributed by atoms with Gasteiger partial charge in [0.25, 0.3) is 0 Å². The highest BCUT2D eigenvalue weighted by Gasteiger charge is 1.91. The first kappa shape index (κ1) is 9.87. The topological polar surface area (TPSA) is 9.23 Å². The number of ether oxygens (including phenoxy) is 1. The van der Waals surface area contributed by atoms with Gasteiger partial charge in [0.2, 0.25) is 0 Å². The van der Waals surface area contributed by atoms with E-state index in [0.29, 0.717) is 6.10 Å². The van der Waals surface area contributed by atoms with Crippen LogP contribution in [0.3, 0.4) is 0 Å². The Balaban J connectivity index is 2.86. The molecule has 0 saturated heterocycles. The molecule has 0 aliphatic heterocycles. The highest BCUT2D eigenvalue weighted by molar-refractivity contribution is 7.99. The van der Waals surface area contributed by atoms with Gasteiger partial charge in [-0.2, -0.15) is 0 Å². The Morgan fingerprint density at radius 2 is 2.30 bits per heavy atom. The summed E-state index contributed by atoms with van der Waals surface area (Å²) >= 11 is 1.73. The van der Waals surface area contributed by atoms with Crippen molar-refractivity contribution in [2.75, 3.05) is 18.1 Å². The number of hydrogen-bond acceptors (Lipinski definition) is 2. The zero-order valence-electron chi connectivity index (χ0n) is 6.59. The van der Waals surface area contributed by atoms with Crippen molar-refractivity contribution in [3.05, 3.63) is 0 Å². The third-order valence-corrected chi connectivity index (χ3v) is 1.69. The van der Waals surface area contributed by atoms with Crippen LogP contribution in [0.4, 0.5) is 0 Å². The van der Waals surface area contributed by atoms with Gasteiger partial charge in [0.15, 0.2) is 0 Å². The van der Waals surface area contributed by atoms with E-state index in [2.05, 4.69) is 5.92 Å². The molecule has 0 spiro atoms. The Bertz CT molecular complexity index is 104. The maximum Gasteiger partial charge on any atom is 0.0560 e. The molecule has 2 heteroatoms. The van der Waals surface area contributed by atoms with Crippen LogP contribution in [-0.2, 0) is 4.74 Å². The van der Waals surface area contributed by atoms with Crippen LogP contribution in [0, 0.1) is 12.3 Å². The van der Waals surface area contributed by atoms with Crippen molar-refractivity contribution in [1.82, 2.24) is 0 Å². The molecule has 0 unspecified atom stereocenters. The number of hydrogen-bond donors (Lipinski definition) is 0. The summed E-state index contributed by atoms with van der Waals surface area (Å²) in [7, 11) is 0. The SMILES string of the molecule is C#CCSCCOC(C)C. The highest BCUT2D eigenvalue weighted by atomic mass is 32.2. The van der Waals surface area contributed by atoms with Crippen LogP contribution in [0.25, 0.3) is 0 Å². The van der Waals surface area contributed by atoms with Crippen molar-refractivity contribution in [3.8, 4) is 12.3 Å². The van der Waals surface area contributed by atoms with E-state index in [-0.39, 0.29) is 0 Å². The molecule has 0 rings (SSSR count). The van der Waals surface area contributed by atoms with Crippen LogP contribution in [0.1, 0.15) is 13.8 Å². The fourth-order valence-corrected chi connectivity index (χ4v) is 0.950. The molecule has 0 heterocycles. The third kappa shape index (κ3) is 7.87. The van der Waals surface area contributed by atoms with Gasteiger partial charge in [-0.15, -0.1) is 18.2 Å². The smallest absolute Gasteiger partial charge is 0.0560 e. The summed E-state index contributed by atoms with van der Waals surface area (Å²) in [6.45, 7) is 4.88. The van der Waals surface area contributed by atoms with E-state index in [0.717, 1.165) is 18.1 Å². The molecule has 0 aliphatic rings. The Hall–Kier alpha value is -0.130. The zero-order valence-corrected chi connectivity index (χ0v) is 7.41. The monoisotopic (exact) mass is 158 g/mol. The van der Waals surface area contributed by atoms with E-state index in [1.54, 1.807) is 11.8 Å². The lowest BCUT2D eigenvalue weighted by Gasteiger charge is -2.05. The van der Waals surface area contributed by atoms with Gasteiger partial charge < -0.3 is 4.74 Å². The maximum atomic E-state index is 5.30. The van der Waals surface area contributed by atoms with Crippen LogP contribution in [0.2, 0.25) is 0 Å². The second-order valence-electron chi connectivity index (χ2n) is 2.18. The molecule has 0 aliphatic carbocycles. The van der Waals surface area contributed by atoms with Crippen molar-refractivity contribution in [2.24, 2.45) is 0 Å². The van der Waals surface area contributed by atoms with Gasteiger partial charge in [0.1, 0.15) is 0 Å². The molecule has 58 valence electrons. The van der Waals surface area contributed by atoms with Gasteiger partial charge in [0.05, 0.1) is 18.5 Å². The third-order valence-electron chi connectivity index (χ3n) is 0.864. The summed E-state index contributed by atoms with van der Waals surface area (Å²) in [5.41, 5.74) is 0. The fraction of sp³-hybridized carbons (Fsp3) is 0.750. The molecule has 0 N–H and O–H groups in total. The zero-order chi connectivity index (χ0) is 7.82. The van der Waals surface area contributed by atoms with Gasteiger partial charge in [-0.3, -0.25) is 0 Å². The molecule has 0 bridgehead atoms. The summed E-state index contributed by atoms with van der Waals surface area (Å²) < 4.78 is 5.30. The molecular formula is C8H14OS. The molecule has 0 aromatic rings. The van der Waals surface area contributed by atoms with Crippen molar-refractivity contribution in [3.63, 3.8) is 0 Å². The molecular weight excluding hydrogens is 144 g/mol. The van der Waals surface area contributed by atoms with E-state index < -0.39 is 0 Å². The van der Waals surface area contributed by atoms with Crippen LogP contribution in [0.5, 0.6) is 0 Å². The molecule has 0 aromatic carbocycles. The lowest BCUT2D eigenvalue weighted by Crippen LogP contribution is -2.05. The van der Waals surface area contributed by atoms with E-state index in [1.807, 2.05) is 13.8 Å². The Morgan fingerprint density at radius 3 is 2.80 bits per heavy atom. The summed E-state index contributed by atoms with van der Waals surface area (Å²) in [5, 5.41) is 0. The van der Waals surface area contributed by atoms with E-state index in [1.165, 1.54) is 0 Å². The first-order valence-electron chi connectivity index (χ1n) is 3.40. The minimum atomic E-state index is 0.339. The fourth-order valence-electron chi connectivity index (χ4n) is 0.474. The van der Waals surface area contributed by atoms with Gasteiger partial charge in [0, 0.05) is 5.75 Å². The first-order chi connectivity index (χ1) is 4.77. The molecule has 1 nitrogen and oxygen atoms in total. The molecule has 0 amide bonds. The van der Waals surface area contributed by atoms with Gasteiger partial charge in [-0.1, -0.05) is 5.92 Å². The molecule has 0 fully saturated rings. The Morgan fingerprint density at radius 1 is 1.60 bits per heavy atom. The number of rotatable bonds is 5. The summed E-state index contributed by atoms with van der Waals surface area (Å²) in [6.07, 6.45) is 5.40. The summed E-state index contributed by atoms with van der Waals surface area (Å²) in [6, 6.07) is 0. The number of thioether (sulfide) groups is 1. The maximum absolute atomic E-state index is 5.30. The van der Waals surface area contributed by atoms with Crippen LogP contribution in [0.15, 0.2) is 0 Å². The van der Waals surface area contributed by atoms with Gasteiger partial charge in [-0.25, -0.2) is 0 Å². The quantitative estimate of drug-likeness (QED) is 0.445. The molecule has 0 aromatic heterocycles. The van der Waals surface area contributed by atoms with E-state index in [4.69, 9.17) is 11.2 Å². The average molecular weight is 158 g/mol. The van der Waals surface area contributed by atoms with Crippen molar-refractivity contribution >= 4 is 11.8 Å². The Kier molecular flexibility index (Phi) is 6.89. The predicted octanol–water partition coefficient (Wildman–Crippen LogP) is 1.78. The largest absolute Gasteiger partial charge is 0.378 e. The minimum Gasteiger partial charge on any atom is -0.378 e. The average Bonchev–Trinajstić information content (AvgIpc) is 1.87. The standard InChI is InChI=1S/C8H14OS/c1-4-6-10-7-5-9-8(2)3/h1,8H,5-7H2,2-3H3. The van der Waals surface area contributed by atoms with Crippen molar-refractivity contribution < 1.29 is 4.74 Å². The van der Waals surface area contributed by atoms with Crippen LogP contribution in [-0.4, -0.2) is 24.2 Å². The number of terminal acetylenes is 1. The van der Waals surface area contributed by atoms with Crippen molar-refractivity contribution in [1.29, 1.82) is 0 Å². The van der Waals surface area contributed by atoms with E-state index >= 15 is 0 Å². The summed E-state index contributed by atoms with van der Waals surface area (Å²) in [5.74, 6) is 4.36. The predicted molar refractivity (Wildman–Crippen MR) is 47.2 cm³/mol. The second kappa shape index (κ2) is 6.98. The molecule has 0 saturated carbocycles. The first-order valence-corrected chi connectivity index (χ1v) is 4.55. The Labute approximate surface area is 67.5 Å². The minimum absolute atomic E-state index is 0.339. The van der Waals surface area contributed by atoms with Crippen molar-refractivity contribution in [2.45, 2.75) is 20.0 Å². The van der Waals surface area contributed by atoms with Crippen LogP contribution >= 0.6 is 11.8 Å². The van der Waals surface area contributed by atoms with E-state index in [9.17, 15) is 0 Å². The molecule has 0 radical (unpaired) electrons. The van der Waals surface area contributed by atoms with Crippen LogP contribution < -0.4 is 0 Å². The second-order valence-corrected chi connectivity index (χ2v) is 3.28. The normalized spacial score (nSPS) is 9.80. The highest BCUT2D eigenvalue weighted by Crippen LogP contribution is 1.98. The summed E-state index contributed by atoms with van der Waals surface area (Å²) in [4.78, 5) is 0. The van der Waals surface area contributed by atoms with Gasteiger partial charge in [-0.05, 0) is 13.8 Å². The van der Waals surface area contributed by atoms with Gasteiger partial charge >= 0.3 is 0 Å².